The number of nitrogens with zero attached hydrogens (tertiary/aromatic N) is 1. The van der Waals surface area contributed by atoms with Gasteiger partial charge in [-0.05, 0) is 32.2 Å². The molecule has 0 aromatic carbocycles. The number of carboxylic acid groups (broad SMARTS) is 1. The number of likely N-dealkylation sites (tertiary alicyclic amines) is 1. The maximum atomic E-state index is 12.5. The van der Waals surface area contributed by atoms with Crippen LogP contribution < -0.4 is 0 Å². The number of halogens is 3. The Kier molecular flexibility index (Phi) is 4.98. The van der Waals surface area contributed by atoms with Crippen LogP contribution in [0.15, 0.2) is 0 Å². The molecule has 1 aliphatic rings. The average Bonchev–Trinajstić information content (AvgIpc) is 2.25. The molecule has 106 valence electrons. The van der Waals surface area contributed by atoms with Crippen LogP contribution in [0, 0.1) is 0 Å². The van der Waals surface area contributed by atoms with Gasteiger partial charge in [0.05, 0.1) is 0 Å². The van der Waals surface area contributed by atoms with Gasteiger partial charge in [0.1, 0.15) is 0 Å². The molecule has 0 radical (unpaired) electrons. The Hall–Kier alpha value is -0.820. The quantitative estimate of drug-likeness (QED) is 0.745. The van der Waals surface area contributed by atoms with Crippen molar-refractivity contribution in [3.8, 4) is 0 Å². The number of alkyl halides is 3. The zero-order valence-corrected chi connectivity index (χ0v) is 10.0. The molecule has 1 saturated heterocycles. The van der Waals surface area contributed by atoms with E-state index in [1.165, 1.54) is 0 Å². The highest BCUT2D eigenvalue weighted by Crippen LogP contribution is 2.38. The Morgan fingerprint density at radius 3 is 2.22 bits per heavy atom. The number of aliphatic hydroxyl groups is 1. The van der Waals surface area contributed by atoms with Gasteiger partial charge in [-0.1, -0.05) is 0 Å². The van der Waals surface area contributed by atoms with Crippen LogP contribution in [0.2, 0.25) is 0 Å². The third kappa shape index (κ3) is 4.13. The van der Waals surface area contributed by atoms with Crippen LogP contribution in [0.4, 0.5) is 13.2 Å². The van der Waals surface area contributed by atoms with Crippen molar-refractivity contribution in [1.29, 1.82) is 0 Å². The summed E-state index contributed by atoms with van der Waals surface area (Å²) in [6.45, 7) is 0.980. The zero-order chi connectivity index (χ0) is 13.8. The molecule has 0 aromatic heterocycles. The van der Waals surface area contributed by atoms with Crippen LogP contribution in [0.25, 0.3) is 0 Å². The third-order valence-corrected chi connectivity index (χ3v) is 3.33. The van der Waals surface area contributed by atoms with Crippen LogP contribution in [-0.4, -0.2) is 52.5 Å². The summed E-state index contributed by atoms with van der Waals surface area (Å²) < 4.78 is 37.5. The van der Waals surface area contributed by atoms with E-state index in [1.54, 1.807) is 0 Å². The van der Waals surface area contributed by atoms with E-state index in [9.17, 15) is 23.1 Å². The van der Waals surface area contributed by atoms with Crippen molar-refractivity contribution in [3.63, 3.8) is 0 Å². The van der Waals surface area contributed by atoms with Gasteiger partial charge < -0.3 is 15.1 Å². The van der Waals surface area contributed by atoms with E-state index in [0.29, 0.717) is 19.4 Å². The van der Waals surface area contributed by atoms with Gasteiger partial charge in [-0.3, -0.25) is 4.79 Å². The van der Waals surface area contributed by atoms with E-state index >= 15 is 0 Å². The lowest BCUT2D eigenvalue weighted by atomic mass is 9.90. The molecule has 18 heavy (non-hydrogen) atoms. The first kappa shape index (κ1) is 15.2. The van der Waals surface area contributed by atoms with Gasteiger partial charge in [-0.15, -0.1) is 0 Å². The van der Waals surface area contributed by atoms with Crippen LogP contribution in [0.3, 0.4) is 0 Å². The SMILES string of the molecule is O=C(O)CCCCN1CCC(O)(C(F)(F)F)CC1. The summed E-state index contributed by atoms with van der Waals surface area (Å²) in [7, 11) is 0. The smallest absolute Gasteiger partial charge is 0.417 e. The summed E-state index contributed by atoms with van der Waals surface area (Å²) in [5.74, 6) is -0.861. The summed E-state index contributed by atoms with van der Waals surface area (Å²) in [4.78, 5) is 12.1. The second-order valence-electron chi connectivity index (χ2n) is 4.72. The van der Waals surface area contributed by atoms with Gasteiger partial charge in [0, 0.05) is 19.5 Å². The third-order valence-electron chi connectivity index (χ3n) is 3.33. The Balaban J connectivity index is 2.25. The Morgan fingerprint density at radius 2 is 1.78 bits per heavy atom. The molecule has 0 atom stereocenters. The number of piperidine rings is 1. The van der Waals surface area contributed by atoms with E-state index in [4.69, 9.17) is 5.11 Å². The number of carboxylic acids is 1. The summed E-state index contributed by atoms with van der Waals surface area (Å²) in [5.41, 5.74) is -2.55. The lowest BCUT2D eigenvalue weighted by Gasteiger charge is -2.39. The van der Waals surface area contributed by atoms with Crippen LogP contribution in [-0.2, 0) is 4.79 Å². The monoisotopic (exact) mass is 269 g/mol. The number of unbranched alkanes of at least 4 members (excludes halogenated alkanes) is 1. The van der Waals surface area contributed by atoms with E-state index in [-0.39, 0.29) is 32.4 Å². The lowest BCUT2D eigenvalue weighted by molar-refractivity contribution is -0.272. The molecule has 0 unspecified atom stereocenters. The predicted octanol–water partition coefficient (Wildman–Crippen LogP) is 1.63. The topological polar surface area (TPSA) is 60.8 Å². The van der Waals surface area contributed by atoms with E-state index in [1.807, 2.05) is 4.90 Å². The van der Waals surface area contributed by atoms with Crippen molar-refractivity contribution < 1.29 is 28.2 Å². The molecule has 1 aliphatic heterocycles. The van der Waals surface area contributed by atoms with Gasteiger partial charge >= 0.3 is 12.1 Å². The molecule has 1 heterocycles. The number of carbonyl (C=O) groups is 1. The normalized spacial score (nSPS) is 20.9. The maximum absolute atomic E-state index is 12.5. The highest BCUT2D eigenvalue weighted by atomic mass is 19.4. The standard InChI is InChI=1S/C11H18F3NO3/c12-11(13,14)10(18)4-7-15(8-5-10)6-2-1-3-9(16)17/h18H,1-8H2,(H,16,17). The molecule has 0 amide bonds. The Labute approximate surface area is 103 Å². The van der Waals surface area contributed by atoms with Crippen molar-refractivity contribution >= 4 is 5.97 Å². The number of hydrogen-bond donors (Lipinski definition) is 2. The number of rotatable bonds is 5. The van der Waals surface area contributed by atoms with E-state index in [0.717, 1.165) is 0 Å². The molecule has 4 nitrogen and oxygen atoms in total. The van der Waals surface area contributed by atoms with Gasteiger partial charge in [0.25, 0.3) is 0 Å². The van der Waals surface area contributed by atoms with Crippen LogP contribution in [0.1, 0.15) is 32.1 Å². The second-order valence-corrected chi connectivity index (χ2v) is 4.72. The fourth-order valence-corrected chi connectivity index (χ4v) is 2.04. The number of hydrogen-bond acceptors (Lipinski definition) is 3. The lowest BCUT2D eigenvalue weighted by Crippen LogP contribution is -2.53. The highest BCUT2D eigenvalue weighted by Gasteiger charge is 2.54. The summed E-state index contributed by atoms with van der Waals surface area (Å²) in [6, 6.07) is 0. The molecule has 0 saturated carbocycles. The maximum Gasteiger partial charge on any atom is 0.417 e. The first-order valence-corrected chi connectivity index (χ1v) is 5.98. The van der Waals surface area contributed by atoms with Crippen LogP contribution >= 0.6 is 0 Å². The van der Waals surface area contributed by atoms with Gasteiger partial charge in [0.2, 0.25) is 0 Å². The largest absolute Gasteiger partial charge is 0.481 e. The van der Waals surface area contributed by atoms with Crippen molar-refractivity contribution in [3.05, 3.63) is 0 Å². The van der Waals surface area contributed by atoms with Gasteiger partial charge in [-0.25, -0.2) is 0 Å². The van der Waals surface area contributed by atoms with Gasteiger partial charge in [0.15, 0.2) is 5.60 Å². The minimum atomic E-state index is -4.57. The Morgan fingerprint density at radius 1 is 1.22 bits per heavy atom. The molecule has 0 bridgehead atoms. The summed E-state index contributed by atoms with van der Waals surface area (Å²) in [5, 5.41) is 17.9. The summed E-state index contributed by atoms with van der Waals surface area (Å²) >= 11 is 0. The number of aliphatic carboxylic acids is 1. The second kappa shape index (κ2) is 5.88. The fourth-order valence-electron chi connectivity index (χ4n) is 2.04. The molecule has 0 aliphatic carbocycles. The molecule has 2 N–H and O–H groups in total. The molecule has 0 spiro atoms. The molecular weight excluding hydrogens is 251 g/mol. The van der Waals surface area contributed by atoms with E-state index in [2.05, 4.69) is 0 Å². The van der Waals surface area contributed by atoms with Crippen molar-refractivity contribution in [2.45, 2.75) is 43.9 Å². The molecular formula is C11H18F3NO3. The zero-order valence-electron chi connectivity index (χ0n) is 10.0. The summed E-state index contributed by atoms with van der Waals surface area (Å²) in [6.07, 6.45) is -3.93. The molecule has 1 fully saturated rings. The fraction of sp³-hybridized carbons (Fsp3) is 0.909. The predicted molar refractivity (Wildman–Crippen MR) is 58.2 cm³/mol. The first-order chi connectivity index (χ1) is 8.24. The van der Waals surface area contributed by atoms with Crippen molar-refractivity contribution in [1.82, 2.24) is 4.90 Å². The van der Waals surface area contributed by atoms with Crippen molar-refractivity contribution in [2.24, 2.45) is 0 Å². The molecule has 7 heteroatoms. The minimum absolute atomic E-state index is 0.0837. The molecule has 0 aromatic rings. The molecule has 1 rings (SSSR count). The van der Waals surface area contributed by atoms with Crippen LogP contribution in [0.5, 0.6) is 0 Å². The first-order valence-electron chi connectivity index (χ1n) is 5.98. The van der Waals surface area contributed by atoms with Crippen molar-refractivity contribution in [2.75, 3.05) is 19.6 Å². The van der Waals surface area contributed by atoms with Gasteiger partial charge in [-0.2, -0.15) is 13.2 Å². The van der Waals surface area contributed by atoms with E-state index < -0.39 is 17.7 Å². The average molecular weight is 269 g/mol. The minimum Gasteiger partial charge on any atom is -0.481 e. The Bertz CT molecular complexity index is 286. The highest BCUT2D eigenvalue weighted by molar-refractivity contribution is 5.66.